The van der Waals surface area contributed by atoms with Crippen LogP contribution in [0.1, 0.15) is 28.4 Å². The van der Waals surface area contributed by atoms with E-state index in [1.54, 1.807) is 11.3 Å². The Kier molecular flexibility index (Phi) is 2.31. The molecule has 0 atom stereocenters. The topological polar surface area (TPSA) is 50.2 Å². The predicted octanol–water partition coefficient (Wildman–Crippen LogP) is 1.65. The monoisotopic (exact) mass is 197 g/mol. The molecule has 0 aromatic carbocycles. The molecule has 0 unspecified atom stereocenters. The van der Waals surface area contributed by atoms with Crippen molar-refractivity contribution in [3.05, 3.63) is 15.6 Å². The summed E-state index contributed by atoms with van der Waals surface area (Å²) in [5, 5.41) is 9.49. The van der Waals surface area contributed by atoms with Crippen LogP contribution in [0.4, 0.5) is 0 Å². The molecule has 0 radical (unpaired) electrons. The number of carboxylic acid groups (broad SMARTS) is 1. The Hall–Kier alpha value is -0.900. The van der Waals surface area contributed by atoms with Gasteiger partial charge in [0.1, 0.15) is 0 Å². The molecule has 13 heavy (non-hydrogen) atoms. The van der Waals surface area contributed by atoms with Crippen molar-refractivity contribution in [2.45, 2.75) is 32.1 Å². The molecule has 1 heterocycles. The van der Waals surface area contributed by atoms with E-state index in [1.165, 1.54) is 17.0 Å². The first kappa shape index (κ1) is 8.69. The molecule has 4 heteroatoms. The Morgan fingerprint density at radius 2 is 2.38 bits per heavy atom. The van der Waals surface area contributed by atoms with E-state index in [9.17, 15) is 4.79 Å². The largest absolute Gasteiger partial charge is 0.481 e. The number of carbonyl (C=O) groups is 1. The molecule has 1 N–H and O–H groups in total. The number of fused-ring (bicyclic) bond motifs is 1. The molecule has 0 bridgehead atoms. The summed E-state index contributed by atoms with van der Waals surface area (Å²) in [5.74, 6) is -0.740. The van der Waals surface area contributed by atoms with Gasteiger partial charge in [-0.3, -0.25) is 4.79 Å². The number of aliphatic carboxylic acids is 1. The Morgan fingerprint density at radius 3 is 3.08 bits per heavy atom. The van der Waals surface area contributed by atoms with Crippen molar-refractivity contribution in [1.29, 1.82) is 0 Å². The van der Waals surface area contributed by atoms with Crippen molar-refractivity contribution in [1.82, 2.24) is 4.98 Å². The van der Waals surface area contributed by atoms with Crippen LogP contribution in [-0.2, 0) is 24.1 Å². The fraction of sp³-hybridized carbons (Fsp3) is 0.556. The maximum Gasteiger partial charge on any atom is 0.303 e. The van der Waals surface area contributed by atoms with Crippen LogP contribution >= 0.6 is 11.3 Å². The zero-order valence-corrected chi connectivity index (χ0v) is 8.06. The number of aryl methyl sites for hydroxylation is 3. The van der Waals surface area contributed by atoms with Gasteiger partial charge in [0, 0.05) is 11.3 Å². The number of aromatic nitrogens is 1. The second-order valence-corrected chi connectivity index (χ2v) is 4.39. The third-order valence-corrected chi connectivity index (χ3v) is 3.41. The van der Waals surface area contributed by atoms with E-state index in [4.69, 9.17) is 5.11 Å². The summed E-state index contributed by atoms with van der Waals surface area (Å²) in [6.45, 7) is 0. The van der Waals surface area contributed by atoms with Crippen LogP contribution in [0.25, 0.3) is 0 Å². The van der Waals surface area contributed by atoms with Gasteiger partial charge in [0.2, 0.25) is 0 Å². The lowest BCUT2D eigenvalue weighted by molar-refractivity contribution is -0.136. The van der Waals surface area contributed by atoms with Crippen molar-refractivity contribution < 1.29 is 9.90 Å². The quantitative estimate of drug-likeness (QED) is 0.801. The molecule has 70 valence electrons. The average Bonchev–Trinajstić information content (AvgIpc) is 2.58. The van der Waals surface area contributed by atoms with Gasteiger partial charge in [0.15, 0.2) is 0 Å². The van der Waals surface area contributed by atoms with Crippen LogP contribution in [0.5, 0.6) is 0 Å². The Bertz CT molecular complexity index is 311. The first-order valence-electron chi connectivity index (χ1n) is 4.45. The SMILES string of the molecule is O=C(O)CCc1nc2c(s1)CCC2. The van der Waals surface area contributed by atoms with Crippen LogP contribution < -0.4 is 0 Å². The fourth-order valence-corrected chi connectivity index (χ4v) is 2.72. The maximum absolute atomic E-state index is 10.3. The first-order valence-corrected chi connectivity index (χ1v) is 5.26. The number of rotatable bonds is 3. The minimum Gasteiger partial charge on any atom is -0.481 e. The van der Waals surface area contributed by atoms with Crippen molar-refractivity contribution in [3.63, 3.8) is 0 Å². The van der Waals surface area contributed by atoms with Gasteiger partial charge < -0.3 is 5.11 Å². The molecule has 1 aliphatic rings. The summed E-state index contributed by atoms with van der Waals surface area (Å²) in [6, 6.07) is 0. The zero-order chi connectivity index (χ0) is 9.26. The van der Waals surface area contributed by atoms with Gasteiger partial charge in [-0.05, 0) is 19.3 Å². The van der Waals surface area contributed by atoms with Crippen molar-refractivity contribution >= 4 is 17.3 Å². The molecule has 0 saturated carbocycles. The van der Waals surface area contributed by atoms with Crippen molar-refractivity contribution in [2.24, 2.45) is 0 Å². The lowest BCUT2D eigenvalue weighted by Gasteiger charge is -1.91. The lowest BCUT2D eigenvalue weighted by atomic mass is 10.3. The van der Waals surface area contributed by atoms with Crippen LogP contribution in [0.2, 0.25) is 0 Å². The summed E-state index contributed by atoms with van der Waals surface area (Å²) in [7, 11) is 0. The highest BCUT2D eigenvalue weighted by atomic mass is 32.1. The first-order chi connectivity index (χ1) is 6.25. The van der Waals surface area contributed by atoms with Gasteiger partial charge in [-0.15, -0.1) is 11.3 Å². The molecule has 0 spiro atoms. The minimum absolute atomic E-state index is 0.201. The summed E-state index contributed by atoms with van der Waals surface area (Å²) in [5.41, 5.74) is 1.21. The van der Waals surface area contributed by atoms with Gasteiger partial charge in [0.05, 0.1) is 17.1 Å². The van der Waals surface area contributed by atoms with Crippen molar-refractivity contribution in [2.75, 3.05) is 0 Å². The van der Waals surface area contributed by atoms with E-state index in [0.29, 0.717) is 6.42 Å². The third-order valence-electron chi connectivity index (χ3n) is 2.19. The molecule has 0 saturated heterocycles. The number of nitrogens with zero attached hydrogens (tertiary/aromatic N) is 1. The van der Waals surface area contributed by atoms with Gasteiger partial charge >= 0.3 is 5.97 Å². The van der Waals surface area contributed by atoms with E-state index in [-0.39, 0.29) is 6.42 Å². The second kappa shape index (κ2) is 3.46. The Morgan fingerprint density at radius 1 is 1.54 bits per heavy atom. The normalized spacial score (nSPS) is 14.5. The zero-order valence-electron chi connectivity index (χ0n) is 7.25. The maximum atomic E-state index is 10.3. The molecule has 0 fully saturated rings. The van der Waals surface area contributed by atoms with Gasteiger partial charge in [-0.2, -0.15) is 0 Å². The van der Waals surface area contributed by atoms with Gasteiger partial charge in [-0.1, -0.05) is 0 Å². The van der Waals surface area contributed by atoms with Gasteiger partial charge in [0.25, 0.3) is 0 Å². The third kappa shape index (κ3) is 1.88. The fourth-order valence-electron chi connectivity index (χ4n) is 1.56. The van der Waals surface area contributed by atoms with Crippen LogP contribution in [0.3, 0.4) is 0 Å². The Balaban J connectivity index is 2.02. The summed E-state index contributed by atoms with van der Waals surface area (Å²) >= 11 is 1.69. The highest BCUT2D eigenvalue weighted by Gasteiger charge is 2.16. The molecule has 3 nitrogen and oxygen atoms in total. The van der Waals surface area contributed by atoms with E-state index in [0.717, 1.165) is 17.8 Å². The molecule has 1 aromatic heterocycles. The van der Waals surface area contributed by atoms with E-state index in [2.05, 4.69) is 4.98 Å². The van der Waals surface area contributed by atoms with Crippen LogP contribution in [-0.4, -0.2) is 16.1 Å². The number of hydrogen-bond acceptors (Lipinski definition) is 3. The number of hydrogen-bond donors (Lipinski definition) is 1. The lowest BCUT2D eigenvalue weighted by Crippen LogP contribution is -1.97. The summed E-state index contributed by atoms with van der Waals surface area (Å²) in [4.78, 5) is 16.1. The molecule has 2 rings (SSSR count). The van der Waals surface area contributed by atoms with E-state index in [1.807, 2.05) is 0 Å². The summed E-state index contributed by atoms with van der Waals surface area (Å²) < 4.78 is 0. The number of thiazole rings is 1. The Labute approximate surface area is 80.4 Å². The van der Waals surface area contributed by atoms with Crippen LogP contribution in [0.15, 0.2) is 0 Å². The number of carboxylic acids is 1. The van der Waals surface area contributed by atoms with Gasteiger partial charge in [-0.25, -0.2) is 4.98 Å². The van der Waals surface area contributed by atoms with Crippen LogP contribution in [0, 0.1) is 0 Å². The van der Waals surface area contributed by atoms with Crippen molar-refractivity contribution in [3.8, 4) is 0 Å². The molecular formula is C9H11NO2S. The highest BCUT2D eigenvalue weighted by Crippen LogP contribution is 2.27. The summed E-state index contributed by atoms with van der Waals surface area (Å²) in [6.07, 6.45) is 4.23. The standard InChI is InChI=1S/C9H11NO2S/c11-9(12)5-4-8-10-6-2-1-3-7(6)13-8/h1-5H2,(H,11,12). The smallest absolute Gasteiger partial charge is 0.303 e. The van der Waals surface area contributed by atoms with E-state index >= 15 is 0 Å². The minimum atomic E-state index is -0.740. The molecule has 1 aliphatic carbocycles. The highest BCUT2D eigenvalue weighted by molar-refractivity contribution is 7.11. The second-order valence-electron chi connectivity index (χ2n) is 3.22. The predicted molar refractivity (Wildman–Crippen MR) is 50.1 cm³/mol. The van der Waals surface area contributed by atoms with E-state index < -0.39 is 5.97 Å². The molecule has 0 amide bonds. The molecule has 1 aromatic rings. The molecule has 0 aliphatic heterocycles. The average molecular weight is 197 g/mol. The molecular weight excluding hydrogens is 186 g/mol.